The molecule has 160 valence electrons. The molecule has 1 aliphatic heterocycles. The second-order valence-electron chi connectivity index (χ2n) is 8.17. The molecule has 2 rings (SSSR count). The molecule has 1 fully saturated rings. The largest absolute Gasteiger partial charge is 0.411 e. The van der Waals surface area contributed by atoms with Crippen molar-refractivity contribution in [1.82, 2.24) is 10.2 Å². The van der Waals surface area contributed by atoms with Crippen molar-refractivity contribution in [2.24, 2.45) is 16.8 Å². The number of ether oxygens (including phenoxy) is 1. The SMILES string of the molecule is C/N=C(/NC(C(=O)N1CCC(c2ccc(Cl)cc2)CC1)C(C)C)OC(=N)C(C)C. The first-order chi connectivity index (χ1) is 13.7. The quantitative estimate of drug-likeness (QED) is 0.550. The fourth-order valence-electron chi connectivity index (χ4n) is 3.37. The van der Waals surface area contributed by atoms with Gasteiger partial charge in [0.1, 0.15) is 6.04 Å². The van der Waals surface area contributed by atoms with E-state index in [1.54, 1.807) is 7.05 Å². The van der Waals surface area contributed by atoms with Gasteiger partial charge in [-0.2, -0.15) is 0 Å². The number of nitrogens with one attached hydrogen (secondary N) is 2. The number of halogens is 1. The van der Waals surface area contributed by atoms with Gasteiger partial charge in [-0.05, 0) is 42.4 Å². The molecule has 0 aromatic heterocycles. The van der Waals surface area contributed by atoms with E-state index >= 15 is 0 Å². The highest BCUT2D eigenvalue weighted by molar-refractivity contribution is 6.30. The predicted molar refractivity (Wildman–Crippen MR) is 119 cm³/mol. The third kappa shape index (κ3) is 6.46. The van der Waals surface area contributed by atoms with E-state index in [4.69, 9.17) is 21.7 Å². The minimum absolute atomic E-state index is 0.0475. The Morgan fingerprint density at radius 2 is 1.79 bits per heavy atom. The minimum atomic E-state index is -0.444. The van der Waals surface area contributed by atoms with Crippen LogP contribution in [0.3, 0.4) is 0 Å². The maximum absolute atomic E-state index is 13.2. The molecule has 1 aliphatic rings. The average Bonchev–Trinajstić information content (AvgIpc) is 2.70. The van der Waals surface area contributed by atoms with Gasteiger partial charge in [0.05, 0.1) is 0 Å². The first-order valence-electron chi connectivity index (χ1n) is 10.3. The van der Waals surface area contributed by atoms with Crippen molar-refractivity contribution in [2.75, 3.05) is 20.1 Å². The summed E-state index contributed by atoms with van der Waals surface area (Å²) >= 11 is 5.99. The third-order valence-corrected chi connectivity index (χ3v) is 5.55. The molecule has 29 heavy (non-hydrogen) atoms. The fraction of sp³-hybridized carbons (Fsp3) is 0.591. The molecule has 0 radical (unpaired) electrons. The molecule has 2 N–H and O–H groups in total. The summed E-state index contributed by atoms with van der Waals surface area (Å²) in [5.41, 5.74) is 1.28. The third-order valence-electron chi connectivity index (χ3n) is 5.29. The minimum Gasteiger partial charge on any atom is -0.411 e. The summed E-state index contributed by atoms with van der Waals surface area (Å²) in [6.07, 6.45) is 1.86. The van der Waals surface area contributed by atoms with E-state index in [1.807, 2.05) is 44.7 Å². The number of piperidine rings is 1. The van der Waals surface area contributed by atoms with Crippen LogP contribution in [-0.4, -0.2) is 48.9 Å². The zero-order chi connectivity index (χ0) is 21.6. The molecule has 1 aromatic rings. The van der Waals surface area contributed by atoms with Crippen molar-refractivity contribution < 1.29 is 9.53 Å². The van der Waals surface area contributed by atoms with Crippen molar-refractivity contribution >= 4 is 29.4 Å². The van der Waals surface area contributed by atoms with Crippen LogP contribution in [0.4, 0.5) is 0 Å². The lowest BCUT2D eigenvalue weighted by atomic mass is 9.89. The summed E-state index contributed by atoms with van der Waals surface area (Å²) < 4.78 is 5.50. The highest BCUT2D eigenvalue weighted by Gasteiger charge is 2.31. The second-order valence-corrected chi connectivity index (χ2v) is 8.60. The molecule has 7 heteroatoms. The van der Waals surface area contributed by atoms with Crippen molar-refractivity contribution in [3.05, 3.63) is 34.9 Å². The lowest BCUT2D eigenvalue weighted by Crippen LogP contribution is -2.53. The van der Waals surface area contributed by atoms with E-state index in [-0.39, 0.29) is 29.7 Å². The Morgan fingerprint density at radius 1 is 1.21 bits per heavy atom. The van der Waals surface area contributed by atoms with Crippen LogP contribution in [0.1, 0.15) is 52.0 Å². The number of amides is 1. The average molecular weight is 421 g/mol. The molecule has 1 amide bonds. The smallest absolute Gasteiger partial charge is 0.291 e. The summed E-state index contributed by atoms with van der Waals surface area (Å²) in [5, 5.41) is 11.8. The number of hydrogen-bond donors (Lipinski definition) is 2. The van der Waals surface area contributed by atoms with Gasteiger partial charge < -0.3 is 15.0 Å². The summed E-state index contributed by atoms with van der Waals surface area (Å²) in [6, 6.07) is 7.77. The molecule has 0 saturated carbocycles. The van der Waals surface area contributed by atoms with Crippen LogP contribution in [0.25, 0.3) is 0 Å². The van der Waals surface area contributed by atoms with Gasteiger partial charge in [0.2, 0.25) is 5.91 Å². The van der Waals surface area contributed by atoms with Gasteiger partial charge in [0.25, 0.3) is 6.02 Å². The molecule has 0 spiro atoms. The number of nitrogens with zero attached hydrogens (tertiary/aromatic N) is 2. The van der Waals surface area contributed by atoms with E-state index in [0.717, 1.165) is 31.0 Å². The first kappa shape index (κ1) is 23.2. The van der Waals surface area contributed by atoms with Gasteiger partial charge in [0.15, 0.2) is 5.90 Å². The van der Waals surface area contributed by atoms with Crippen LogP contribution in [0.5, 0.6) is 0 Å². The Balaban J connectivity index is 1.98. The summed E-state index contributed by atoms with van der Waals surface area (Å²) in [4.78, 5) is 19.2. The number of carbonyl (C=O) groups is 1. The molecule has 1 unspecified atom stereocenters. The van der Waals surface area contributed by atoms with Crippen LogP contribution in [0.2, 0.25) is 5.02 Å². The van der Waals surface area contributed by atoms with Crippen LogP contribution in [-0.2, 0) is 9.53 Å². The normalized spacial score (nSPS) is 16.8. The summed E-state index contributed by atoms with van der Waals surface area (Å²) in [6.45, 7) is 9.20. The van der Waals surface area contributed by atoms with Crippen molar-refractivity contribution in [3.63, 3.8) is 0 Å². The van der Waals surface area contributed by atoms with E-state index < -0.39 is 6.04 Å². The highest BCUT2D eigenvalue weighted by atomic mass is 35.5. The van der Waals surface area contributed by atoms with Gasteiger partial charge in [-0.15, -0.1) is 0 Å². The molecule has 0 bridgehead atoms. The van der Waals surface area contributed by atoms with Crippen molar-refractivity contribution in [3.8, 4) is 0 Å². The first-order valence-corrected chi connectivity index (χ1v) is 10.6. The monoisotopic (exact) mass is 420 g/mol. The van der Waals surface area contributed by atoms with Crippen molar-refractivity contribution in [1.29, 1.82) is 5.41 Å². The number of likely N-dealkylation sites (tertiary alicyclic amines) is 1. The Bertz CT molecular complexity index is 723. The molecular formula is C22H33ClN4O2. The van der Waals surface area contributed by atoms with Crippen LogP contribution < -0.4 is 5.32 Å². The molecule has 6 nitrogen and oxygen atoms in total. The standard InChI is InChI=1S/C22H33ClN4O2/c1-14(2)19(26-22(25-5)29-20(24)15(3)4)21(28)27-12-10-17(11-13-27)16-6-8-18(23)9-7-16/h6-9,14-15,17,19,24H,10-13H2,1-5H3,(H,25,26). The van der Waals surface area contributed by atoms with Crippen LogP contribution in [0.15, 0.2) is 29.3 Å². The Kier molecular flexibility index (Phi) is 8.50. The lowest BCUT2D eigenvalue weighted by Gasteiger charge is -2.35. The number of hydrogen-bond acceptors (Lipinski definition) is 4. The molecule has 1 aromatic carbocycles. The molecular weight excluding hydrogens is 388 g/mol. The van der Waals surface area contributed by atoms with Crippen molar-refractivity contribution in [2.45, 2.75) is 52.5 Å². The molecule has 1 heterocycles. The number of amidine groups is 1. The number of aliphatic imine (C=N–C) groups is 1. The second kappa shape index (κ2) is 10.6. The lowest BCUT2D eigenvalue weighted by molar-refractivity contribution is -0.135. The van der Waals surface area contributed by atoms with Gasteiger partial charge in [0, 0.05) is 31.1 Å². The maximum Gasteiger partial charge on any atom is 0.291 e. The number of rotatable bonds is 5. The maximum atomic E-state index is 13.2. The summed E-state index contributed by atoms with van der Waals surface area (Å²) in [7, 11) is 1.59. The number of benzene rings is 1. The molecule has 0 aliphatic carbocycles. The van der Waals surface area contributed by atoms with Crippen LogP contribution >= 0.6 is 11.6 Å². The van der Waals surface area contributed by atoms with Gasteiger partial charge in [-0.1, -0.05) is 51.4 Å². The van der Waals surface area contributed by atoms with E-state index in [2.05, 4.69) is 22.4 Å². The molecule has 1 atom stereocenters. The predicted octanol–water partition coefficient (Wildman–Crippen LogP) is 4.30. The fourth-order valence-corrected chi connectivity index (χ4v) is 3.50. The van der Waals surface area contributed by atoms with Gasteiger partial charge in [-0.25, -0.2) is 4.99 Å². The molecule has 1 saturated heterocycles. The van der Waals surface area contributed by atoms with Gasteiger partial charge >= 0.3 is 0 Å². The van der Waals surface area contributed by atoms with Crippen LogP contribution in [0, 0.1) is 17.2 Å². The Labute approximate surface area is 179 Å². The zero-order valence-electron chi connectivity index (χ0n) is 18.0. The Morgan fingerprint density at radius 3 is 2.28 bits per heavy atom. The Hall–Kier alpha value is -2.08. The zero-order valence-corrected chi connectivity index (χ0v) is 18.8. The van der Waals surface area contributed by atoms with E-state index in [9.17, 15) is 4.79 Å². The number of carbonyl (C=O) groups excluding carboxylic acids is 1. The van der Waals surface area contributed by atoms with E-state index in [0.29, 0.717) is 5.92 Å². The summed E-state index contributed by atoms with van der Waals surface area (Å²) in [5.74, 6) is 0.635. The highest BCUT2D eigenvalue weighted by Crippen LogP contribution is 2.29. The topological polar surface area (TPSA) is 77.8 Å². The van der Waals surface area contributed by atoms with E-state index in [1.165, 1.54) is 5.56 Å². The van der Waals surface area contributed by atoms with Gasteiger partial charge in [-0.3, -0.25) is 10.2 Å².